The van der Waals surface area contributed by atoms with Gasteiger partial charge >= 0.3 is 0 Å². The smallest absolute Gasteiger partial charge is 0.183 e. The van der Waals surface area contributed by atoms with Gasteiger partial charge in [-0.3, -0.25) is 0 Å². The minimum Gasteiger partial charge on any atom is -0.369 e. The van der Waals surface area contributed by atoms with Crippen molar-refractivity contribution in [3.63, 3.8) is 0 Å². The molecule has 1 atom stereocenters. The van der Waals surface area contributed by atoms with Crippen LogP contribution in [0.2, 0.25) is 0 Å². The van der Waals surface area contributed by atoms with Crippen LogP contribution in [0.3, 0.4) is 0 Å². The van der Waals surface area contributed by atoms with Gasteiger partial charge in [-0.1, -0.05) is 6.07 Å². The summed E-state index contributed by atoms with van der Waals surface area (Å²) in [4.78, 5) is 11.6. The number of hydrogen-bond donors (Lipinski definition) is 0. The zero-order valence-electron chi connectivity index (χ0n) is 10.2. The second-order valence-corrected chi connectivity index (χ2v) is 5.14. The molecule has 0 radical (unpaired) electrons. The molecule has 0 amide bonds. The fraction of sp³-hybridized carbons (Fsp3) is 0.308. The van der Waals surface area contributed by atoms with Crippen molar-refractivity contribution in [3.8, 4) is 6.07 Å². The Morgan fingerprint density at radius 2 is 2.32 bits per heavy atom. The Hall–Kier alpha value is -1.97. The molecular weight excluding hydrogens is 260 g/mol. The van der Waals surface area contributed by atoms with Gasteiger partial charge in [0.2, 0.25) is 0 Å². The molecule has 96 valence electrons. The monoisotopic (exact) mass is 272 g/mol. The van der Waals surface area contributed by atoms with Gasteiger partial charge in [0.25, 0.3) is 0 Å². The van der Waals surface area contributed by atoms with Gasteiger partial charge in [0.15, 0.2) is 11.5 Å². The molecule has 3 rings (SSSR count). The topological polar surface area (TPSA) is 62.0 Å². The summed E-state index contributed by atoms with van der Waals surface area (Å²) in [5.74, 6) is 0.648. The Bertz CT molecular complexity index is 593. The molecule has 19 heavy (non-hydrogen) atoms. The van der Waals surface area contributed by atoms with Crippen molar-refractivity contribution >= 4 is 17.2 Å². The van der Waals surface area contributed by atoms with E-state index in [2.05, 4.69) is 27.0 Å². The summed E-state index contributed by atoms with van der Waals surface area (Å²) in [6, 6.07) is 6.18. The lowest BCUT2D eigenvalue weighted by Gasteiger charge is -2.33. The van der Waals surface area contributed by atoms with Crippen LogP contribution in [0, 0.1) is 11.3 Å². The lowest BCUT2D eigenvalue weighted by Crippen LogP contribution is -2.39. The lowest BCUT2D eigenvalue weighted by atomic mass is 10.2. The number of ether oxygens (including phenoxy) is 1. The van der Waals surface area contributed by atoms with Crippen molar-refractivity contribution in [3.05, 3.63) is 40.5 Å². The maximum absolute atomic E-state index is 9.09. The first-order valence-electron chi connectivity index (χ1n) is 5.99. The molecule has 3 heterocycles. The lowest BCUT2D eigenvalue weighted by molar-refractivity contribution is 0.0418. The molecule has 0 aliphatic carbocycles. The summed E-state index contributed by atoms with van der Waals surface area (Å²) in [5, 5.41) is 11.1. The first-order valence-corrected chi connectivity index (χ1v) is 6.87. The molecule has 0 spiro atoms. The van der Waals surface area contributed by atoms with Crippen molar-refractivity contribution in [2.45, 2.75) is 6.10 Å². The second kappa shape index (κ2) is 5.34. The van der Waals surface area contributed by atoms with Gasteiger partial charge in [-0.05, 0) is 11.4 Å². The standard InChI is InChI=1S/C13H12N4OS/c14-8-10-13(16-4-3-15-10)17-5-6-18-11(9-17)12-2-1-7-19-12/h1-4,7,11H,5-6,9H2. The van der Waals surface area contributed by atoms with Crippen molar-refractivity contribution in [1.82, 2.24) is 9.97 Å². The van der Waals surface area contributed by atoms with Gasteiger partial charge in [0.1, 0.15) is 12.2 Å². The molecule has 0 N–H and O–H groups in total. The third kappa shape index (κ3) is 2.43. The SMILES string of the molecule is N#Cc1nccnc1N1CCOC(c2cccs2)C1. The number of morpholine rings is 1. The van der Waals surface area contributed by atoms with Gasteiger partial charge in [0, 0.05) is 23.8 Å². The number of anilines is 1. The fourth-order valence-electron chi connectivity index (χ4n) is 2.13. The Morgan fingerprint density at radius 1 is 1.42 bits per heavy atom. The first-order chi connectivity index (χ1) is 9.38. The number of thiophene rings is 1. The number of nitrogens with zero attached hydrogens (tertiary/aromatic N) is 4. The summed E-state index contributed by atoms with van der Waals surface area (Å²) < 4.78 is 5.79. The molecule has 1 unspecified atom stereocenters. The average molecular weight is 272 g/mol. The minimum absolute atomic E-state index is 0.0438. The summed E-state index contributed by atoms with van der Waals surface area (Å²) in [7, 11) is 0. The number of nitriles is 1. The van der Waals surface area contributed by atoms with Crippen molar-refractivity contribution < 1.29 is 4.74 Å². The van der Waals surface area contributed by atoms with Crippen LogP contribution in [0.15, 0.2) is 29.9 Å². The van der Waals surface area contributed by atoms with Gasteiger partial charge < -0.3 is 9.64 Å². The first kappa shape index (κ1) is 12.1. The van der Waals surface area contributed by atoms with Crippen LogP contribution in [0.1, 0.15) is 16.7 Å². The highest BCUT2D eigenvalue weighted by Gasteiger charge is 2.25. The molecule has 0 bridgehead atoms. The van der Waals surface area contributed by atoms with Gasteiger partial charge in [-0.15, -0.1) is 11.3 Å². The Balaban J connectivity index is 1.84. The highest BCUT2D eigenvalue weighted by molar-refractivity contribution is 7.10. The van der Waals surface area contributed by atoms with Crippen LogP contribution in [-0.4, -0.2) is 29.7 Å². The van der Waals surface area contributed by atoms with Crippen molar-refractivity contribution in [2.75, 3.05) is 24.6 Å². The van der Waals surface area contributed by atoms with Gasteiger partial charge in [0.05, 0.1) is 13.2 Å². The molecule has 0 saturated carbocycles. The molecule has 0 aromatic carbocycles. The Morgan fingerprint density at radius 3 is 3.11 bits per heavy atom. The predicted octanol–water partition coefficient (Wildman–Crippen LogP) is 1.99. The zero-order valence-corrected chi connectivity index (χ0v) is 11.0. The number of aromatic nitrogens is 2. The maximum atomic E-state index is 9.09. The molecule has 6 heteroatoms. The number of rotatable bonds is 2. The second-order valence-electron chi connectivity index (χ2n) is 4.16. The summed E-state index contributed by atoms with van der Waals surface area (Å²) in [5.41, 5.74) is 0.370. The van der Waals surface area contributed by atoms with Crippen LogP contribution in [-0.2, 0) is 4.74 Å². The summed E-state index contributed by atoms with van der Waals surface area (Å²) >= 11 is 1.68. The molecule has 5 nitrogen and oxygen atoms in total. The Labute approximate surface area is 115 Å². The predicted molar refractivity (Wildman–Crippen MR) is 72.0 cm³/mol. The molecule has 1 saturated heterocycles. The average Bonchev–Trinajstić information content (AvgIpc) is 3.01. The van der Waals surface area contributed by atoms with Gasteiger partial charge in [-0.25, -0.2) is 9.97 Å². The molecule has 2 aromatic heterocycles. The van der Waals surface area contributed by atoms with Crippen molar-refractivity contribution in [1.29, 1.82) is 5.26 Å². The van der Waals surface area contributed by atoms with E-state index in [0.29, 0.717) is 24.7 Å². The minimum atomic E-state index is 0.0438. The molecular formula is C13H12N4OS. The van der Waals surface area contributed by atoms with E-state index in [4.69, 9.17) is 10.00 Å². The van der Waals surface area contributed by atoms with E-state index in [1.54, 1.807) is 23.7 Å². The van der Waals surface area contributed by atoms with Crippen LogP contribution < -0.4 is 4.90 Å². The third-order valence-electron chi connectivity index (χ3n) is 3.01. The van der Waals surface area contributed by atoms with Crippen LogP contribution >= 0.6 is 11.3 Å². The van der Waals surface area contributed by atoms with E-state index < -0.39 is 0 Å². The van der Waals surface area contributed by atoms with Crippen LogP contribution in [0.4, 0.5) is 5.82 Å². The summed E-state index contributed by atoms with van der Waals surface area (Å²) in [6.07, 6.45) is 3.20. The molecule has 1 aliphatic heterocycles. The maximum Gasteiger partial charge on any atom is 0.183 e. The van der Waals surface area contributed by atoms with Gasteiger partial charge in [-0.2, -0.15) is 5.26 Å². The Kier molecular flexibility index (Phi) is 3.40. The fourth-order valence-corrected chi connectivity index (χ4v) is 2.89. The molecule has 2 aromatic rings. The van der Waals surface area contributed by atoms with E-state index in [9.17, 15) is 0 Å². The van der Waals surface area contributed by atoms with E-state index >= 15 is 0 Å². The molecule has 1 aliphatic rings. The van der Waals surface area contributed by atoms with E-state index in [0.717, 1.165) is 6.54 Å². The zero-order chi connectivity index (χ0) is 13.1. The molecule has 1 fully saturated rings. The highest BCUT2D eigenvalue weighted by atomic mass is 32.1. The highest BCUT2D eigenvalue weighted by Crippen LogP contribution is 2.28. The third-order valence-corrected chi connectivity index (χ3v) is 3.98. The normalized spacial score (nSPS) is 19.1. The van der Waals surface area contributed by atoms with E-state index in [1.807, 2.05) is 11.4 Å². The largest absolute Gasteiger partial charge is 0.369 e. The quantitative estimate of drug-likeness (QED) is 0.836. The van der Waals surface area contributed by atoms with E-state index in [1.165, 1.54) is 4.88 Å². The van der Waals surface area contributed by atoms with Crippen LogP contribution in [0.5, 0.6) is 0 Å². The van der Waals surface area contributed by atoms with E-state index in [-0.39, 0.29) is 6.10 Å². The van der Waals surface area contributed by atoms with Crippen LogP contribution in [0.25, 0.3) is 0 Å². The van der Waals surface area contributed by atoms with Crippen molar-refractivity contribution in [2.24, 2.45) is 0 Å². The number of hydrogen-bond acceptors (Lipinski definition) is 6. The summed E-state index contributed by atoms with van der Waals surface area (Å²) in [6.45, 7) is 2.06.